The summed E-state index contributed by atoms with van der Waals surface area (Å²) in [5.41, 5.74) is 0.634. The third-order valence-corrected chi connectivity index (χ3v) is 2.79. The molecule has 0 saturated carbocycles. The molecule has 0 unspecified atom stereocenters. The van der Waals surface area contributed by atoms with E-state index < -0.39 is 0 Å². The first kappa shape index (κ1) is 11.9. The minimum absolute atomic E-state index is 0.00649. The van der Waals surface area contributed by atoms with Gasteiger partial charge in [0.15, 0.2) is 6.61 Å². The Hall–Kier alpha value is -1.55. The van der Waals surface area contributed by atoms with Crippen molar-refractivity contribution >= 4 is 29.0 Å². The lowest BCUT2D eigenvalue weighted by atomic mass is 10.2. The Balaban J connectivity index is 2.28. The molecule has 4 nitrogen and oxygen atoms in total. The first-order valence-electron chi connectivity index (χ1n) is 5.30. The van der Waals surface area contributed by atoms with Crippen LogP contribution in [0, 0.1) is 0 Å². The van der Waals surface area contributed by atoms with Crippen LogP contribution in [0.25, 0.3) is 0 Å². The molecule has 17 heavy (non-hydrogen) atoms. The number of fused-ring (bicyclic) bond motifs is 1. The van der Waals surface area contributed by atoms with Crippen molar-refractivity contribution in [1.82, 2.24) is 0 Å². The quantitative estimate of drug-likeness (QED) is 0.828. The van der Waals surface area contributed by atoms with Crippen molar-refractivity contribution in [1.29, 1.82) is 0 Å². The number of benzene rings is 1. The van der Waals surface area contributed by atoms with Gasteiger partial charge in [0.25, 0.3) is 5.91 Å². The Morgan fingerprint density at radius 2 is 2.29 bits per heavy atom. The normalized spacial score (nSPS) is 14.2. The smallest absolute Gasteiger partial charge is 0.265 e. The molecule has 0 saturated heterocycles. The van der Waals surface area contributed by atoms with Gasteiger partial charge >= 0.3 is 0 Å². The minimum Gasteiger partial charge on any atom is -0.482 e. The van der Waals surface area contributed by atoms with Crippen molar-refractivity contribution in [3.63, 3.8) is 0 Å². The van der Waals surface area contributed by atoms with Gasteiger partial charge in [-0.2, -0.15) is 0 Å². The number of hydrogen-bond donors (Lipinski definition) is 0. The van der Waals surface area contributed by atoms with E-state index in [9.17, 15) is 9.59 Å². The zero-order valence-corrected chi connectivity index (χ0v) is 10.2. The van der Waals surface area contributed by atoms with E-state index in [1.54, 1.807) is 23.1 Å². The third kappa shape index (κ3) is 2.58. The number of rotatable bonds is 3. The van der Waals surface area contributed by atoms with Gasteiger partial charge in [-0.3, -0.25) is 9.59 Å². The second-order valence-electron chi connectivity index (χ2n) is 3.90. The van der Waals surface area contributed by atoms with Crippen LogP contribution in [0.5, 0.6) is 5.75 Å². The van der Waals surface area contributed by atoms with Crippen LogP contribution in [-0.4, -0.2) is 24.8 Å². The van der Waals surface area contributed by atoms with Gasteiger partial charge in [0.1, 0.15) is 11.5 Å². The fourth-order valence-electron chi connectivity index (χ4n) is 1.69. The largest absolute Gasteiger partial charge is 0.482 e. The predicted molar refractivity (Wildman–Crippen MR) is 64.6 cm³/mol. The number of Topliss-reactive ketones (excluding diaryl/α,β-unsaturated/α-hetero) is 1. The maximum atomic E-state index is 11.7. The molecule has 2 rings (SSSR count). The SMILES string of the molecule is CC(=O)CCN1C(=O)COc2ccc(Cl)cc21. The molecule has 0 aromatic heterocycles. The number of amides is 1. The molecule has 1 aromatic carbocycles. The van der Waals surface area contributed by atoms with Gasteiger partial charge in [0.2, 0.25) is 0 Å². The molecular weight excluding hydrogens is 242 g/mol. The molecule has 0 atom stereocenters. The van der Waals surface area contributed by atoms with Gasteiger partial charge in [-0.15, -0.1) is 0 Å². The van der Waals surface area contributed by atoms with Crippen molar-refractivity contribution in [3.8, 4) is 5.75 Å². The van der Waals surface area contributed by atoms with E-state index in [0.717, 1.165) is 0 Å². The molecule has 1 heterocycles. The number of hydrogen-bond acceptors (Lipinski definition) is 3. The monoisotopic (exact) mass is 253 g/mol. The molecule has 1 amide bonds. The molecule has 90 valence electrons. The fourth-order valence-corrected chi connectivity index (χ4v) is 1.86. The number of anilines is 1. The van der Waals surface area contributed by atoms with E-state index in [1.165, 1.54) is 6.92 Å². The molecule has 0 radical (unpaired) electrons. The lowest BCUT2D eigenvalue weighted by Gasteiger charge is -2.29. The van der Waals surface area contributed by atoms with E-state index in [-0.39, 0.29) is 18.3 Å². The van der Waals surface area contributed by atoms with Crippen molar-refractivity contribution < 1.29 is 14.3 Å². The first-order valence-corrected chi connectivity index (χ1v) is 5.68. The van der Waals surface area contributed by atoms with Crippen LogP contribution in [0.3, 0.4) is 0 Å². The van der Waals surface area contributed by atoms with Gasteiger partial charge in [-0.05, 0) is 25.1 Å². The van der Waals surface area contributed by atoms with E-state index in [1.807, 2.05) is 0 Å². The number of carbonyl (C=O) groups excluding carboxylic acids is 2. The van der Waals surface area contributed by atoms with Crippen LogP contribution in [0.4, 0.5) is 5.69 Å². The topological polar surface area (TPSA) is 46.6 Å². The summed E-state index contributed by atoms with van der Waals surface area (Å²) in [4.78, 5) is 24.3. The van der Waals surface area contributed by atoms with Crippen LogP contribution in [0.2, 0.25) is 5.02 Å². The molecule has 5 heteroatoms. The van der Waals surface area contributed by atoms with Crippen molar-refractivity contribution in [2.24, 2.45) is 0 Å². The van der Waals surface area contributed by atoms with Gasteiger partial charge in [-0.25, -0.2) is 0 Å². The zero-order chi connectivity index (χ0) is 12.4. The fraction of sp³-hybridized carbons (Fsp3) is 0.333. The number of nitrogens with zero attached hydrogens (tertiary/aromatic N) is 1. The van der Waals surface area contributed by atoms with Crippen LogP contribution < -0.4 is 9.64 Å². The molecule has 1 aromatic rings. The van der Waals surface area contributed by atoms with Gasteiger partial charge in [0, 0.05) is 18.0 Å². The van der Waals surface area contributed by atoms with Crippen LogP contribution >= 0.6 is 11.6 Å². The number of ether oxygens (including phenoxy) is 1. The number of carbonyl (C=O) groups is 2. The van der Waals surface area contributed by atoms with Crippen molar-refractivity contribution in [2.75, 3.05) is 18.1 Å². The highest BCUT2D eigenvalue weighted by Crippen LogP contribution is 2.34. The maximum absolute atomic E-state index is 11.7. The lowest BCUT2D eigenvalue weighted by Crippen LogP contribution is -2.39. The Labute approximate surface area is 104 Å². The van der Waals surface area contributed by atoms with E-state index in [2.05, 4.69) is 0 Å². The zero-order valence-electron chi connectivity index (χ0n) is 9.40. The standard InChI is InChI=1S/C12H12ClNO3/c1-8(15)4-5-14-10-6-9(13)2-3-11(10)17-7-12(14)16/h2-3,6H,4-5,7H2,1H3. The van der Waals surface area contributed by atoms with E-state index in [4.69, 9.17) is 16.3 Å². The first-order chi connectivity index (χ1) is 8.08. The van der Waals surface area contributed by atoms with E-state index >= 15 is 0 Å². The van der Waals surface area contributed by atoms with Crippen LogP contribution in [-0.2, 0) is 9.59 Å². The van der Waals surface area contributed by atoms with Crippen molar-refractivity contribution in [2.45, 2.75) is 13.3 Å². The summed E-state index contributed by atoms with van der Waals surface area (Å²) in [6.07, 6.45) is 0.331. The summed E-state index contributed by atoms with van der Waals surface area (Å²) in [7, 11) is 0. The molecule has 0 fully saturated rings. The summed E-state index contributed by atoms with van der Waals surface area (Å²) >= 11 is 5.89. The summed E-state index contributed by atoms with van der Waals surface area (Å²) in [5.74, 6) is 0.520. The molecule has 0 aliphatic carbocycles. The highest BCUT2D eigenvalue weighted by molar-refractivity contribution is 6.31. The molecule has 0 N–H and O–H groups in total. The molecule has 1 aliphatic heterocycles. The Morgan fingerprint density at radius 3 is 3.00 bits per heavy atom. The minimum atomic E-state index is -0.152. The predicted octanol–water partition coefficient (Wildman–Crippen LogP) is 2.04. The van der Waals surface area contributed by atoms with Gasteiger partial charge < -0.3 is 9.64 Å². The van der Waals surface area contributed by atoms with Crippen LogP contribution in [0.1, 0.15) is 13.3 Å². The summed E-state index contributed by atoms with van der Waals surface area (Å²) in [6.45, 7) is 1.88. The maximum Gasteiger partial charge on any atom is 0.265 e. The molecule has 1 aliphatic rings. The summed E-state index contributed by atoms with van der Waals surface area (Å²) in [5, 5.41) is 0.537. The number of halogens is 1. The highest BCUT2D eigenvalue weighted by Gasteiger charge is 2.25. The summed E-state index contributed by atoms with van der Waals surface area (Å²) < 4.78 is 5.29. The second kappa shape index (κ2) is 4.75. The van der Waals surface area contributed by atoms with Gasteiger partial charge in [-0.1, -0.05) is 11.6 Å². The van der Waals surface area contributed by atoms with E-state index in [0.29, 0.717) is 29.4 Å². The summed E-state index contributed by atoms with van der Waals surface area (Å²) in [6, 6.07) is 5.11. The molecule has 0 bridgehead atoms. The Kier molecular flexibility index (Phi) is 3.33. The Morgan fingerprint density at radius 1 is 1.53 bits per heavy atom. The second-order valence-corrected chi connectivity index (χ2v) is 4.33. The Bertz CT molecular complexity index is 473. The number of ketones is 1. The molecular formula is C12H12ClNO3. The van der Waals surface area contributed by atoms with Gasteiger partial charge in [0.05, 0.1) is 5.69 Å². The molecule has 0 spiro atoms. The average Bonchev–Trinajstić information content (AvgIpc) is 2.27. The third-order valence-electron chi connectivity index (χ3n) is 2.55. The van der Waals surface area contributed by atoms with Crippen molar-refractivity contribution in [3.05, 3.63) is 23.2 Å². The lowest BCUT2D eigenvalue weighted by molar-refractivity contribution is -0.121. The van der Waals surface area contributed by atoms with Crippen LogP contribution in [0.15, 0.2) is 18.2 Å². The highest BCUT2D eigenvalue weighted by atomic mass is 35.5. The average molecular weight is 254 g/mol.